The first-order valence-electron chi connectivity index (χ1n) is 4.96. The molecule has 78 valence electrons. The summed E-state index contributed by atoms with van der Waals surface area (Å²) in [7, 11) is 0. The normalized spacial score (nSPS) is 31.6. The fourth-order valence-corrected chi connectivity index (χ4v) is 1.49. The highest BCUT2D eigenvalue weighted by Crippen LogP contribution is 2.27. The van der Waals surface area contributed by atoms with Gasteiger partial charge in [0.1, 0.15) is 6.10 Å². The molecule has 3 nitrogen and oxygen atoms in total. The number of aliphatic hydroxyl groups is 1. The molecule has 0 aromatic carbocycles. The van der Waals surface area contributed by atoms with Crippen molar-refractivity contribution in [3.63, 3.8) is 0 Å². The fourth-order valence-electron chi connectivity index (χ4n) is 1.49. The quantitative estimate of drug-likeness (QED) is 0.730. The van der Waals surface area contributed by atoms with Gasteiger partial charge in [-0.2, -0.15) is 0 Å². The summed E-state index contributed by atoms with van der Waals surface area (Å²) in [4.78, 5) is 0. The number of aliphatic hydroxyl groups excluding tert-OH is 1. The number of hydrogen-bond donors (Lipinski definition) is 1. The van der Waals surface area contributed by atoms with Gasteiger partial charge in [0, 0.05) is 0 Å². The molecule has 1 fully saturated rings. The Hall–Kier alpha value is -0.120. The van der Waals surface area contributed by atoms with Gasteiger partial charge in [-0.1, -0.05) is 20.3 Å². The third kappa shape index (κ3) is 2.66. The van der Waals surface area contributed by atoms with Gasteiger partial charge in [0.05, 0.1) is 12.7 Å². The van der Waals surface area contributed by atoms with Crippen molar-refractivity contribution in [2.75, 3.05) is 6.61 Å². The van der Waals surface area contributed by atoms with Gasteiger partial charge in [-0.25, -0.2) is 0 Å². The Labute approximate surface area is 80.0 Å². The maximum absolute atomic E-state index is 9.84. The Bertz CT molecular complexity index is 168. The summed E-state index contributed by atoms with van der Waals surface area (Å²) < 4.78 is 10.9. The largest absolute Gasteiger partial charge is 0.390 e. The molecule has 0 aromatic heterocycles. The maximum Gasteiger partial charge on any atom is 0.163 e. The zero-order valence-electron chi connectivity index (χ0n) is 8.91. The SMILES string of the molecule is CC[C@H](C)[C@@H](O)[C@H]1COC(C)(C)O1. The Morgan fingerprint density at radius 3 is 2.54 bits per heavy atom. The van der Waals surface area contributed by atoms with E-state index in [4.69, 9.17) is 9.47 Å². The van der Waals surface area contributed by atoms with Crippen LogP contribution in [0.4, 0.5) is 0 Å². The predicted molar refractivity (Wildman–Crippen MR) is 50.4 cm³/mol. The Morgan fingerprint density at radius 2 is 2.15 bits per heavy atom. The van der Waals surface area contributed by atoms with Crippen LogP contribution in [0.1, 0.15) is 34.1 Å². The molecule has 0 aliphatic carbocycles. The first-order valence-corrected chi connectivity index (χ1v) is 4.96. The van der Waals surface area contributed by atoms with Crippen LogP contribution in [0.5, 0.6) is 0 Å². The molecule has 0 bridgehead atoms. The Kier molecular flexibility index (Phi) is 3.33. The second-order valence-electron chi connectivity index (χ2n) is 4.24. The molecule has 1 rings (SSSR count). The lowest BCUT2D eigenvalue weighted by molar-refractivity contribution is -0.154. The molecule has 13 heavy (non-hydrogen) atoms. The third-order valence-electron chi connectivity index (χ3n) is 2.64. The van der Waals surface area contributed by atoms with Crippen molar-refractivity contribution in [3.8, 4) is 0 Å². The van der Waals surface area contributed by atoms with Crippen LogP contribution in [0, 0.1) is 5.92 Å². The van der Waals surface area contributed by atoms with Crippen LogP contribution >= 0.6 is 0 Å². The van der Waals surface area contributed by atoms with Gasteiger partial charge in [-0.3, -0.25) is 0 Å². The molecule has 0 radical (unpaired) electrons. The molecule has 1 N–H and O–H groups in total. The van der Waals surface area contributed by atoms with Gasteiger partial charge in [-0.15, -0.1) is 0 Å². The van der Waals surface area contributed by atoms with Gasteiger partial charge in [0.25, 0.3) is 0 Å². The van der Waals surface area contributed by atoms with Crippen LogP contribution in [0.3, 0.4) is 0 Å². The highest BCUT2D eigenvalue weighted by Gasteiger charge is 2.38. The Balaban J connectivity index is 2.46. The van der Waals surface area contributed by atoms with Crippen molar-refractivity contribution in [2.24, 2.45) is 5.92 Å². The van der Waals surface area contributed by atoms with E-state index >= 15 is 0 Å². The van der Waals surface area contributed by atoms with Gasteiger partial charge in [0.2, 0.25) is 0 Å². The standard InChI is InChI=1S/C10H20O3/c1-5-7(2)9(11)8-6-12-10(3,4)13-8/h7-9,11H,5-6H2,1-4H3/t7-,8+,9+/m0/s1. The van der Waals surface area contributed by atoms with Gasteiger partial charge in [0.15, 0.2) is 5.79 Å². The summed E-state index contributed by atoms with van der Waals surface area (Å²) in [5, 5.41) is 9.84. The van der Waals surface area contributed by atoms with E-state index in [0.29, 0.717) is 6.61 Å². The maximum atomic E-state index is 9.84. The molecular formula is C10H20O3. The van der Waals surface area contributed by atoms with E-state index in [1.807, 2.05) is 20.8 Å². The zero-order valence-corrected chi connectivity index (χ0v) is 8.91. The van der Waals surface area contributed by atoms with Crippen LogP contribution in [0.2, 0.25) is 0 Å². The van der Waals surface area contributed by atoms with Gasteiger partial charge in [-0.05, 0) is 19.8 Å². The lowest BCUT2D eigenvalue weighted by Crippen LogP contribution is -2.35. The fraction of sp³-hybridized carbons (Fsp3) is 1.00. The van der Waals surface area contributed by atoms with Crippen molar-refractivity contribution < 1.29 is 14.6 Å². The second kappa shape index (κ2) is 3.95. The van der Waals surface area contributed by atoms with E-state index in [1.165, 1.54) is 0 Å². The van der Waals surface area contributed by atoms with Gasteiger partial charge >= 0.3 is 0 Å². The van der Waals surface area contributed by atoms with E-state index in [2.05, 4.69) is 6.92 Å². The highest BCUT2D eigenvalue weighted by atomic mass is 16.7. The summed E-state index contributed by atoms with van der Waals surface area (Å²) >= 11 is 0. The minimum absolute atomic E-state index is 0.162. The van der Waals surface area contributed by atoms with Crippen molar-refractivity contribution in [2.45, 2.75) is 52.1 Å². The van der Waals surface area contributed by atoms with Crippen molar-refractivity contribution in [1.82, 2.24) is 0 Å². The topological polar surface area (TPSA) is 38.7 Å². The van der Waals surface area contributed by atoms with Gasteiger partial charge < -0.3 is 14.6 Å². The summed E-state index contributed by atoms with van der Waals surface area (Å²) in [5.41, 5.74) is 0. The molecule has 0 saturated carbocycles. The smallest absolute Gasteiger partial charge is 0.163 e. The molecule has 0 aromatic rings. The third-order valence-corrected chi connectivity index (χ3v) is 2.64. The molecule has 3 heteroatoms. The average molecular weight is 188 g/mol. The summed E-state index contributed by atoms with van der Waals surface area (Å²) in [6, 6.07) is 0. The summed E-state index contributed by atoms with van der Waals surface area (Å²) in [6.45, 7) is 8.33. The molecule has 1 aliphatic heterocycles. The molecular weight excluding hydrogens is 168 g/mol. The lowest BCUT2D eigenvalue weighted by atomic mass is 9.98. The molecule has 0 amide bonds. The van der Waals surface area contributed by atoms with Crippen LogP contribution in [0.25, 0.3) is 0 Å². The van der Waals surface area contributed by atoms with Crippen LogP contribution in [0.15, 0.2) is 0 Å². The number of rotatable bonds is 3. The molecule has 0 unspecified atom stereocenters. The molecule has 1 aliphatic rings. The van der Waals surface area contributed by atoms with Crippen LogP contribution in [-0.4, -0.2) is 29.7 Å². The van der Waals surface area contributed by atoms with E-state index < -0.39 is 11.9 Å². The van der Waals surface area contributed by atoms with E-state index in [9.17, 15) is 5.11 Å². The number of ether oxygens (including phenoxy) is 2. The van der Waals surface area contributed by atoms with E-state index in [1.54, 1.807) is 0 Å². The van der Waals surface area contributed by atoms with Crippen LogP contribution in [-0.2, 0) is 9.47 Å². The minimum atomic E-state index is -0.529. The molecule has 3 atom stereocenters. The highest BCUT2D eigenvalue weighted by molar-refractivity contribution is 4.80. The number of hydrogen-bond acceptors (Lipinski definition) is 3. The van der Waals surface area contributed by atoms with Crippen LogP contribution < -0.4 is 0 Å². The first-order chi connectivity index (χ1) is 5.96. The second-order valence-corrected chi connectivity index (χ2v) is 4.24. The average Bonchev–Trinajstić information content (AvgIpc) is 2.43. The summed E-state index contributed by atoms with van der Waals surface area (Å²) in [6.07, 6.45) is 0.387. The summed E-state index contributed by atoms with van der Waals surface area (Å²) in [5.74, 6) is -0.262. The lowest BCUT2D eigenvalue weighted by Gasteiger charge is -2.23. The van der Waals surface area contributed by atoms with Crippen molar-refractivity contribution in [1.29, 1.82) is 0 Å². The molecule has 1 heterocycles. The monoisotopic (exact) mass is 188 g/mol. The Morgan fingerprint density at radius 1 is 1.54 bits per heavy atom. The van der Waals surface area contributed by atoms with E-state index in [-0.39, 0.29) is 12.0 Å². The first kappa shape index (κ1) is 11.0. The minimum Gasteiger partial charge on any atom is -0.390 e. The van der Waals surface area contributed by atoms with Crippen molar-refractivity contribution >= 4 is 0 Å². The van der Waals surface area contributed by atoms with Crippen molar-refractivity contribution in [3.05, 3.63) is 0 Å². The zero-order chi connectivity index (χ0) is 10.1. The predicted octanol–water partition coefficient (Wildman–Crippen LogP) is 1.54. The molecule has 0 spiro atoms. The van der Waals surface area contributed by atoms with E-state index in [0.717, 1.165) is 6.42 Å². The molecule has 1 saturated heterocycles.